The van der Waals surface area contributed by atoms with E-state index in [1.165, 1.54) is 29.0 Å². The molecule has 1 saturated heterocycles. The fourth-order valence-corrected chi connectivity index (χ4v) is 6.03. The van der Waals surface area contributed by atoms with Gasteiger partial charge in [0, 0.05) is 17.1 Å². The monoisotopic (exact) mass is 558 g/mol. The van der Waals surface area contributed by atoms with Crippen LogP contribution < -0.4 is 9.04 Å². The Balaban J connectivity index is 1.55. The first-order chi connectivity index (χ1) is 17.9. The Morgan fingerprint density at radius 3 is 2.43 bits per heavy atom. The molecule has 5 nitrogen and oxygen atoms in total. The van der Waals surface area contributed by atoms with Crippen molar-refractivity contribution in [1.29, 1.82) is 0 Å². The van der Waals surface area contributed by atoms with Crippen molar-refractivity contribution in [3.05, 3.63) is 99.4 Å². The van der Waals surface area contributed by atoms with Gasteiger partial charge in [-0.25, -0.2) is 8.42 Å². The highest BCUT2D eigenvalue weighted by Gasteiger charge is 2.24. The van der Waals surface area contributed by atoms with Crippen LogP contribution in [-0.4, -0.2) is 39.6 Å². The maximum atomic E-state index is 13.6. The van der Waals surface area contributed by atoms with Crippen LogP contribution in [0.25, 0.3) is 6.08 Å². The zero-order chi connectivity index (χ0) is 26.1. The van der Waals surface area contributed by atoms with Gasteiger partial charge >= 0.3 is 0 Å². The third kappa shape index (κ3) is 7.99. The van der Waals surface area contributed by atoms with Gasteiger partial charge in [-0.2, -0.15) is 0 Å². The molecule has 1 aliphatic rings. The first kappa shape index (κ1) is 27.5. The van der Waals surface area contributed by atoms with Crippen molar-refractivity contribution in [3.8, 4) is 5.75 Å². The highest BCUT2D eigenvalue weighted by Crippen LogP contribution is 2.34. The van der Waals surface area contributed by atoms with Gasteiger partial charge in [0.15, 0.2) is 0 Å². The molecule has 0 bridgehead atoms. The zero-order valence-corrected chi connectivity index (χ0v) is 23.1. The summed E-state index contributed by atoms with van der Waals surface area (Å²) in [6.45, 7) is 3.92. The zero-order valence-electron chi connectivity index (χ0n) is 20.7. The largest absolute Gasteiger partial charge is 0.493 e. The van der Waals surface area contributed by atoms with Gasteiger partial charge in [0.2, 0.25) is 0 Å². The SMILES string of the molecule is O=S(=O)(/C=C/c1ccccc1)N(Cc1ccccc1OCCCN1CCCCC1)c1cc(Cl)ccc1Cl. The minimum atomic E-state index is -3.92. The Labute approximate surface area is 230 Å². The number of para-hydroxylation sites is 1. The van der Waals surface area contributed by atoms with Gasteiger partial charge in [-0.15, -0.1) is 0 Å². The molecular formula is C29H32Cl2N2O3S. The lowest BCUT2D eigenvalue weighted by atomic mass is 10.1. The molecule has 196 valence electrons. The molecule has 1 heterocycles. The van der Waals surface area contributed by atoms with Gasteiger partial charge in [-0.3, -0.25) is 4.31 Å². The number of anilines is 1. The molecule has 1 fully saturated rings. The Morgan fingerprint density at radius 1 is 0.919 bits per heavy atom. The quantitative estimate of drug-likeness (QED) is 0.232. The number of halogens is 2. The summed E-state index contributed by atoms with van der Waals surface area (Å²) >= 11 is 12.7. The molecule has 0 amide bonds. The summed E-state index contributed by atoms with van der Waals surface area (Å²) in [4.78, 5) is 2.48. The molecule has 1 aliphatic heterocycles. The number of nitrogens with zero attached hydrogens (tertiary/aromatic N) is 2. The van der Waals surface area contributed by atoms with Crippen LogP contribution in [0.1, 0.15) is 36.8 Å². The van der Waals surface area contributed by atoms with Crippen LogP contribution in [0.4, 0.5) is 5.69 Å². The summed E-state index contributed by atoms with van der Waals surface area (Å²) in [7, 11) is -3.92. The maximum absolute atomic E-state index is 13.6. The van der Waals surface area contributed by atoms with Gasteiger partial charge in [-0.1, -0.05) is 78.2 Å². The number of benzene rings is 3. The third-order valence-electron chi connectivity index (χ3n) is 6.33. The number of likely N-dealkylation sites (tertiary alicyclic amines) is 1. The van der Waals surface area contributed by atoms with Gasteiger partial charge in [-0.05, 0) is 68.3 Å². The molecule has 4 rings (SSSR count). The highest BCUT2D eigenvalue weighted by molar-refractivity contribution is 7.95. The summed E-state index contributed by atoms with van der Waals surface area (Å²) in [6, 6.07) is 21.6. The number of rotatable bonds is 11. The predicted octanol–water partition coefficient (Wildman–Crippen LogP) is 7.26. The summed E-state index contributed by atoms with van der Waals surface area (Å²) in [6.07, 6.45) is 6.33. The molecule has 0 spiro atoms. The molecule has 0 aliphatic carbocycles. The average molecular weight is 560 g/mol. The van der Waals surface area contributed by atoms with Crippen molar-refractivity contribution in [3.63, 3.8) is 0 Å². The smallest absolute Gasteiger partial charge is 0.257 e. The molecule has 0 radical (unpaired) electrons. The van der Waals surface area contributed by atoms with Crippen LogP contribution in [0.5, 0.6) is 5.75 Å². The molecule has 8 heteroatoms. The first-order valence-electron chi connectivity index (χ1n) is 12.6. The minimum absolute atomic E-state index is 0.0455. The average Bonchev–Trinajstić information content (AvgIpc) is 2.92. The molecule has 0 N–H and O–H groups in total. The van der Waals surface area contributed by atoms with E-state index in [1.54, 1.807) is 24.3 Å². The topological polar surface area (TPSA) is 49.9 Å². The van der Waals surface area contributed by atoms with E-state index in [9.17, 15) is 8.42 Å². The predicted molar refractivity (Wildman–Crippen MR) is 154 cm³/mol. The highest BCUT2D eigenvalue weighted by atomic mass is 35.5. The third-order valence-corrected chi connectivity index (χ3v) is 8.30. The molecule has 0 atom stereocenters. The lowest BCUT2D eigenvalue weighted by Crippen LogP contribution is -2.31. The lowest BCUT2D eigenvalue weighted by Gasteiger charge is -2.26. The molecule has 0 aromatic heterocycles. The van der Waals surface area contributed by atoms with Crippen LogP contribution in [0.3, 0.4) is 0 Å². The summed E-state index contributed by atoms with van der Waals surface area (Å²) in [5, 5.41) is 1.89. The van der Waals surface area contributed by atoms with E-state index in [2.05, 4.69) is 4.90 Å². The van der Waals surface area contributed by atoms with E-state index in [0.717, 1.165) is 37.2 Å². The number of piperidine rings is 1. The first-order valence-corrected chi connectivity index (χ1v) is 14.8. The van der Waals surface area contributed by atoms with Crippen molar-refractivity contribution >= 4 is 45.0 Å². The van der Waals surface area contributed by atoms with Crippen molar-refractivity contribution in [2.24, 2.45) is 0 Å². The fourth-order valence-electron chi connectivity index (χ4n) is 4.37. The van der Waals surface area contributed by atoms with Gasteiger partial charge in [0.25, 0.3) is 10.0 Å². The molecule has 0 saturated carbocycles. The van der Waals surface area contributed by atoms with E-state index in [-0.39, 0.29) is 6.54 Å². The van der Waals surface area contributed by atoms with Crippen molar-refractivity contribution in [1.82, 2.24) is 4.90 Å². The Bertz CT molecular complexity index is 1290. The second-order valence-corrected chi connectivity index (χ2v) is 11.7. The van der Waals surface area contributed by atoms with Crippen LogP contribution in [0, 0.1) is 0 Å². The van der Waals surface area contributed by atoms with Gasteiger partial charge in [0.1, 0.15) is 5.75 Å². The minimum Gasteiger partial charge on any atom is -0.493 e. The molecular weight excluding hydrogens is 527 g/mol. The number of ether oxygens (including phenoxy) is 1. The maximum Gasteiger partial charge on any atom is 0.257 e. The number of sulfonamides is 1. The van der Waals surface area contributed by atoms with Crippen LogP contribution in [0.15, 0.2) is 78.2 Å². The standard InChI is InChI=1S/C29H32Cl2N2O3S/c30-26-14-15-27(31)28(22-26)33(37(34,35)21-16-24-10-3-1-4-11-24)23-25-12-5-6-13-29(25)36-20-9-19-32-17-7-2-8-18-32/h1,3-6,10-16,21-22H,2,7-9,17-20,23H2/b21-16+. The van der Waals surface area contributed by atoms with Crippen LogP contribution >= 0.6 is 23.2 Å². The van der Waals surface area contributed by atoms with Crippen molar-refractivity contribution < 1.29 is 13.2 Å². The molecule has 0 unspecified atom stereocenters. The van der Waals surface area contributed by atoms with E-state index in [0.29, 0.717) is 28.1 Å². The van der Waals surface area contributed by atoms with Crippen molar-refractivity contribution in [2.45, 2.75) is 32.2 Å². The Morgan fingerprint density at radius 2 is 1.65 bits per heavy atom. The van der Waals surface area contributed by atoms with Crippen LogP contribution in [0.2, 0.25) is 10.0 Å². The Hall–Kier alpha value is -2.51. The van der Waals surface area contributed by atoms with Crippen molar-refractivity contribution in [2.75, 3.05) is 30.5 Å². The Kier molecular flexibility index (Phi) is 9.92. The fraction of sp³-hybridized carbons (Fsp3) is 0.310. The van der Waals surface area contributed by atoms with Crippen LogP contribution in [-0.2, 0) is 16.6 Å². The van der Waals surface area contributed by atoms with Gasteiger partial charge in [0.05, 0.1) is 29.3 Å². The summed E-state index contributed by atoms with van der Waals surface area (Å²) < 4.78 is 34.6. The van der Waals surface area contributed by atoms with E-state index >= 15 is 0 Å². The lowest BCUT2D eigenvalue weighted by molar-refractivity contribution is 0.204. The molecule has 3 aromatic rings. The molecule has 3 aromatic carbocycles. The number of hydrogen-bond acceptors (Lipinski definition) is 4. The second kappa shape index (κ2) is 13.3. The molecule has 37 heavy (non-hydrogen) atoms. The summed E-state index contributed by atoms with van der Waals surface area (Å²) in [5.41, 5.74) is 1.83. The number of hydrogen-bond donors (Lipinski definition) is 0. The summed E-state index contributed by atoms with van der Waals surface area (Å²) in [5.74, 6) is 0.659. The van der Waals surface area contributed by atoms with E-state index in [1.807, 2.05) is 54.6 Å². The van der Waals surface area contributed by atoms with Gasteiger partial charge < -0.3 is 9.64 Å². The van der Waals surface area contributed by atoms with E-state index in [4.69, 9.17) is 27.9 Å². The van der Waals surface area contributed by atoms with E-state index < -0.39 is 10.0 Å². The normalized spacial score (nSPS) is 14.6. The second-order valence-electron chi connectivity index (χ2n) is 9.07.